The maximum absolute atomic E-state index is 7.32. The monoisotopic (exact) mass is 248 g/mol. The predicted octanol–water partition coefficient (Wildman–Crippen LogP) is 2.19. The van der Waals surface area contributed by atoms with Gasteiger partial charge in [0.05, 0.1) is 19.0 Å². The molecule has 1 aliphatic rings. The van der Waals surface area contributed by atoms with Gasteiger partial charge in [-0.15, -0.1) is 0 Å². The zero-order chi connectivity index (χ0) is 12.8. The van der Waals surface area contributed by atoms with Gasteiger partial charge in [-0.2, -0.15) is 0 Å². The molecule has 1 aromatic carbocycles. The van der Waals surface area contributed by atoms with Gasteiger partial charge in [0.2, 0.25) is 0 Å². The van der Waals surface area contributed by atoms with Crippen molar-refractivity contribution in [3.8, 4) is 5.75 Å². The van der Waals surface area contributed by atoms with Gasteiger partial charge < -0.3 is 15.2 Å². The van der Waals surface area contributed by atoms with Crippen LogP contribution in [0.1, 0.15) is 19.3 Å². The van der Waals surface area contributed by atoms with Crippen molar-refractivity contribution in [1.29, 1.82) is 5.41 Å². The fourth-order valence-corrected chi connectivity index (χ4v) is 1.98. The van der Waals surface area contributed by atoms with Crippen LogP contribution >= 0.6 is 0 Å². The number of nitrogens with one attached hydrogen (secondary N) is 1. The maximum atomic E-state index is 7.32. The third-order valence-electron chi connectivity index (χ3n) is 3.17. The average molecular weight is 248 g/mol. The van der Waals surface area contributed by atoms with Gasteiger partial charge in [-0.1, -0.05) is 18.2 Å². The molecule has 4 heteroatoms. The quantitative estimate of drug-likeness (QED) is 0.421. The molecule has 0 bridgehead atoms. The summed E-state index contributed by atoms with van der Waals surface area (Å²) in [7, 11) is 0. The Hall–Kier alpha value is -1.55. The molecule has 0 amide bonds. The third-order valence-corrected chi connectivity index (χ3v) is 3.17. The number of para-hydroxylation sites is 1. The minimum Gasteiger partial charge on any atom is -0.491 e. The summed E-state index contributed by atoms with van der Waals surface area (Å²) in [4.78, 5) is 0. The lowest BCUT2D eigenvalue weighted by Crippen LogP contribution is -2.21. The van der Waals surface area contributed by atoms with E-state index >= 15 is 0 Å². The van der Waals surface area contributed by atoms with Crippen LogP contribution < -0.4 is 10.5 Å². The van der Waals surface area contributed by atoms with E-state index in [9.17, 15) is 0 Å². The first-order valence-electron chi connectivity index (χ1n) is 6.29. The molecule has 18 heavy (non-hydrogen) atoms. The second-order valence-corrected chi connectivity index (χ2v) is 4.92. The van der Waals surface area contributed by atoms with E-state index in [0.29, 0.717) is 26.2 Å². The third kappa shape index (κ3) is 4.04. The Morgan fingerprint density at radius 2 is 1.94 bits per heavy atom. The Balaban J connectivity index is 1.58. The molecule has 2 rings (SSSR count). The van der Waals surface area contributed by atoms with Crippen molar-refractivity contribution in [1.82, 2.24) is 0 Å². The summed E-state index contributed by atoms with van der Waals surface area (Å²) in [6.45, 7) is 1.82. The Morgan fingerprint density at radius 1 is 1.22 bits per heavy atom. The molecule has 0 spiro atoms. The van der Waals surface area contributed by atoms with Crippen molar-refractivity contribution in [2.45, 2.75) is 19.3 Å². The lowest BCUT2D eigenvalue weighted by Gasteiger charge is -2.14. The number of benzene rings is 1. The van der Waals surface area contributed by atoms with Crippen LogP contribution in [0.25, 0.3) is 0 Å². The van der Waals surface area contributed by atoms with Gasteiger partial charge in [-0.05, 0) is 25.0 Å². The normalized spacial score (nSPS) is 16.2. The van der Waals surface area contributed by atoms with Gasteiger partial charge in [0.1, 0.15) is 12.4 Å². The van der Waals surface area contributed by atoms with Crippen LogP contribution in [0.15, 0.2) is 30.3 Å². The lowest BCUT2D eigenvalue weighted by atomic mass is 10.0. The summed E-state index contributed by atoms with van der Waals surface area (Å²) in [5, 5.41) is 7.32. The molecule has 1 aromatic rings. The van der Waals surface area contributed by atoms with Crippen molar-refractivity contribution in [3.05, 3.63) is 30.3 Å². The molecule has 0 unspecified atom stereocenters. The molecule has 0 aliphatic heterocycles. The second-order valence-electron chi connectivity index (χ2n) is 4.92. The van der Waals surface area contributed by atoms with Crippen LogP contribution in [-0.4, -0.2) is 25.7 Å². The number of hydrogen-bond acceptors (Lipinski definition) is 3. The van der Waals surface area contributed by atoms with Crippen LogP contribution in [-0.2, 0) is 4.74 Å². The van der Waals surface area contributed by atoms with E-state index in [1.54, 1.807) is 0 Å². The first-order chi connectivity index (χ1) is 8.70. The fourth-order valence-electron chi connectivity index (χ4n) is 1.98. The summed E-state index contributed by atoms with van der Waals surface area (Å²) in [6, 6.07) is 9.71. The molecule has 3 N–H and O–H groups in total. The van der Waals surface area contributed by atoms with Crippen LogP contribution in [0, 0.1) is 10.8 Å². The van der Waals surface area contributed by atoms with E-state index in [4.69, 9.17) is 20.6 Å². The summed E-state index contributed by atoms with van der Waals surface area (Å²) in [5.74, 6) is 1.13. The van der Waals surface area contributed by atoms with Crippen molar-refractivity contribution < 1.29 is 9.47 Å². The first kappa shape index (κ1) is 12.9. The van der Waals surface area contributed by atoms with Gasteiger partial charge in [-0.25, -0.2) is 0 Å². The molecule has 0 heterocycles. The molecule has 0 atom stereocenters. The van der Waals surface area contributed by atoms with Crippen molar-refractivity contribution in [2.75, 3.05) is 19.8 Å². The number of rotatable bonds is 8. The largest absolute Gasteiger partial charge is 0.491 e. The highest BCUT2D eigenvalue weighted by molar-refractivity contribution is 5.78. The molecule has 1 saturated carbocycles. The first-order valence-corrected chi connectivity index (χ1v) is 6.29. The van der Waals surface area contributed by atoms with E-state index in [2.05, 4.69) is 0 Å². The molecule has 98 valence electrons. The van der Waals surface area contributed by atoms with Crippen molar-refractivity contribution in [2.24, 2.45) is 11.1 Å². The topological polar surface area (TPSA) is 68.3 Å². The highest BCUT2D eigenvalue weighted by atomic mass is 16.5. The lowest BCUT2D eigenvalue weighted by molar-refractivity contribution is 0.0683. The van der Waals surface area contributed by atoms with Crippen LogP contribution in [0.4, 0.5) is 0 Å². The summed E-state index contributed by atoms with van der Waals surface area (Å²) in [5.41, 5.74) is 5.58. The van der Waals surface area contributed by atoms with Gasteiger partial charge in [-0.3, -0.25) is 5.41 Å². The Kier molecular flexibility index (Phi) is 4.20. The molecule has 4 nitrogen and oxygen atoms in total. The number of ether oxygens (including phenoxy) is 2. The van der Waals surface area contributed by atoms with Gasteiger partial charge in [0, 0.05) is 11.8 Å². The predicted molar refractivity (Wildman–Crippen MR) is 71.0 cm³/mol. The average Bonchev–Trinajstić information content (AvgIpc) is 3.09. The van der Waals surface area contributed by atoms with E-state index in [1.807, 2.05) is 30.3 Å². The standard InChI is InChI=1S/C14H20N2O2/c15-13(16)10-14(6-7-14)11-17-8-9-18-12-4-2-1-3-5-12/h1-5H,6-11H2,(H3,15,16). The SMILES string of the molecule is N=C(N)CC1(COCCOc2ccccc2)CC1. The molecule has 0 radical (unpaired) electrons. The number of amidine groups is 1. The summed E-state index contributed by atoms with van der Waals surface area (Å²) < 4.78 is 11.1. The van der Waals surface area contributed by atoms with Crippen molar-refractivity contribution in [3.63, 3.8) is 0 Å². The van der Waals surface area contributed by atoms with Crippen LogP contribution in [0.3, 0.4) is 0 Å². The highest BCUT2D eigenvalue weighted by Crippen LogP contribution is 2.48. The zero-order valence-corrected chi connectivity index (χ0v) is 10.5. The van der Waals surface area contributed by atoms with Crippen LogP contribution in [0.5, 0.6) is 5.75 Å². The number of hydrogen-bond donors (Lipinski definition) is 2. The van der Waals surface area contributed by atoms with Crippen molar-refractivity contribution >= 4 is 5.84 Å². The van der Waals surface area contributed by atoms with Crippen LogP contribution in [0.2, 0.25) is 0 Å². The molecule has 1 fully saturated rings. The summed E-state index contributed by atoms with van der Waals surface area (Å²) >= 11 is 0. The van der Waals surface area contributed by atoms with E-state index in [1.165, 1.54) is 0 Å². The van der Waals surface area contributed by atoms with E-state index < -0.39 is 0 Å². The molecule has 1 aliphatic carbocycles. The number of nitrogens with two attached hydrogens (primary N) is 1. The summed E-state index contributed by atoms with van der Waals surface area (Å²) in [6.07, 6.45) is 2.89. The zero-order valence-electron chi connectivity index (χ0n) is 10.5. The second kappa shape index (κ2) is 5.87. The maximum Gasteiger partial charge on any atom is 0.119 e. The fraction of sp³-hybridized carbons (Fsp3) is 0.500. The Morgan fingerprint density at radius 3 is 2.56 bits per heavy atom. The Labute approximate surface area is 108 Å². The van der Waals surface area contributed by atoms with Gasteiger partial charge >= 0.3 is 0 Å². The molecule has 0 saturated heterocycles. The minimum atomic E-state index is 0.151. The van der Waals surface area contributed by atoms with Gasteiger partial charge in [0.25, 0.3) is 0 Å². The molecular weight excluding hydrogens is 228 g/mol. The Bertz CT molecular complexity index is 388. The van der Waals surface area contributed by atoms with Gasteiger partial charge in [0.15, 0.2) is 0 Å². The smallest absolute Gasteiger partial charge is 0.119 e. The molecular formula is C14H20N2O2. The van der Waals surface area contributed by atoms with E-state index in [-0.39, 0.29) is 11.3 Å². The minimum absolute atomic E-state index is 0.151. The van der Waals surface area contributed by atoms with E-state index in [0.717, 1.165) is 18.6 Å². The highest BCUT2D eigenvalue weighted by Gasteiger charge is 2.43. The molecule has 0 aromatic heterocycles.